The van der Waals surface area contributed by atoms with Gasteiger partial charge in [0, 0.05) is 35.7 Å². The molecule has 7 nitrogen and oxygen atoms in total. The molecule has 1 N–H and O–H groups in total. The van der Waals surface area contributed by atoms with E-state index < -0.39 is 6.10 Å². The Labute approximate surface area is 186 Å². The third-order valence-corrected chi connectivity index (χ3v) is 6.52. The van der Waals surface area contributed by atoms with Crippen molar-refractivity contribution in [3.05, 3.63) is 57.1 Å². The molecule has 2 aliphatic rings. The Morgan fingerprint density at radius 3 is 2.62 bits per heavy atom. The largest absolute Gasteiger partial charge is 0.385 e. The van der Waals surface area contributed by atoms with Gasteiger partial charge in [0.1, 0.15) is 17.7 Å². The van der Waals surface area contributed by atoms with E-state index in [-0.39, 0.29) is 11.4 Å². The molecule has 32 heavy (non-hydrogen) atoms. The van der Waals surface area contributed by atoms with E-state index in [1.165, 1.54) is 12.1 Å². The summed E-state index contributed by atoms with van der Waals surface area (Å²) in [6.07, 6.45) is 3.19. The molecule has 5 rings (SSSR count). The van der Waals surface area contributed by atoms with Gasteiger partial charge in [-0.1, -0.05) is 12.1 Å². The lowest BCUT2D eigenvalue weighted by Gasteiger charge is -2.30. The van der Waals surface area contributed by atoms with Crippen molar-refractivity contribution < 1.29 is 14.0 Å². The van der Waals surface area contributed by atoms with Gasteiger partial charge in [0.05, 0.1) is 5.69 Å². The van der Waals surface area contributed by atoms with Crippen LogP contribution in [0.15, 0.2) is 27.5 Å². The molecule has 1 atom stereocenters. The Morgan fingerprint density at radius 1 is 1.16 bits per heavy atom. The Balaban J connectivity index is 0.000000165. The Bertz CT molecular complexity index is 1150. The number of rotatable bonds is 2. The van der Waals surface area contributed by atoms with Crippen LogP contribution in [0.1, 0.15) is 67.4 Å². The van der Waals surface area contributed by atoms with E-state index >= 15 is 0 Å². The molecule has 0 spiro atoms. The molecule has 3 aromatic rings. The van der Waals surface area contributed by atoms with Gasteiger partial charge < -0.3 is 14.5 Å². The number of nitrogens with zero attached hydrogens (tertiary/aromatic N) is 4. The molecule has 1 aromatic carbocycles. The zero-order valence-corrected chi connectivity index (χ0v) is 19.0. The minimum atomic E-state index is -0.568. The number of hydrogen-bond acceptors (Lipinski definition) is 6. The second-order valence-corrected chi connectivity index (χ2v) is 8.78. The predicted molar refractivity (Wildman–Crippen MR) is 120 cm³/mol. The quantitative estimate of drug-likeness (QED) is 0.649. The third-order valence-electron chi connectivity index (χ3n) is 6.52. The van der Waals surface area contributed by atoms with Crippen LogP contribution in [0.3, 0.4) is 0 Å². The molecule has 4 heterocycles. The summed E-state index contributed by atoms with van der Waals surface area (Å²) >= 11 is 0. The second kappa shape index (κ2) is 9.50. The first kappa shape index (κ1) is 22.6. The Kier molecular flexibility index (Phi) is 6.71. The Hall–Kier alpha value is -2.58. The number of fused-ring (bicyclic) bond motifs is 2. The normalized spacial score (nSPS) is 19.5. The number of aliphatic hydroxyl groups excluding tert-OH is 1. The molecule has 1 fully saturated rings. The van der Waals surface area contributed by atoms with Crippen molar-refractivity contribution in [3.8, 4) is 0 Å². The van der Waals surface area contributed by atoms with Crippen LogP contribution >= 0.6 is 0 Å². The smallest absolute Gasteiger partial charge is 0.253 e. The van der Waals surface area contributed by atoms with Crippen LogP contribution in [0, 0.1) is 19.7 Å². The number of halogens is 1. The number of aromatic nitrogens is 3. The van der Waals surface area contributed by atoms with Gasteiger partial charge in [-0.3, -0.25) is 9.36 Å². The number of benzene rings is 1. The van der Waals surface area contributed by atoms with Crippen molar-refractivity contribution in [2.45, 2.75) is 65.0 Å². The van der Waals surface area contributed by atoms with Gasteiger partial charge in [0.2, 0.25) is 0 Å². The lowest BCUT2D eigenvalue weighted by Crippen LogP contribution is -2.32. The summed E-state index contributed by atoms with van der Waals surface area (Å²) in [5.74, 6) is 0.737. The van der Waals surface area contributed by atoms with Crippen LogP contribution in [-0.4, -0.2) is 44.3 Å². The van der Waals surface area contributed by atoms with E-state index in [9.17, 15) is 14.3 Å². The van der Waals surface area contributed by atoms with Crippen molar-refractivity contribution in [2.75, 3.05) is 19.6 Å². The lowest BCUT2D eigenvalue weighted by atomic mass is 9.91. The van der Waals surface area contributed by atoms with Crippen molar-refractivity contribution in [1.29, 1.82) is 0 Å². The maximum atomic E-state index is 13.5. The van der Waals surface area contributed by atoms with Gasteiger partial charge in [-0.2, -0.15) is 0 Å². The van der Waals surface area contributed by atoms with Gasteiger partial charge >= 0.3 is 0 Å². The predicted octanol–water partition coefficient (Wildman–Crippen LogP) is 3.85. The minimum absolute atomic E-state index is 0.0544. The zero-order chi connectivity index (χ0) is 22.8. The van der Waals surface area contributed by atoms with Gasteiger partial charge in [-0.05, 0) is 70.8 Å². The number of likely N-dealkylation sites (tertiary alicyclic amines) is 1. The number of aliphatic hydroxyl groups is 1. The molecule has 0 radical (unpaired) electrons. The van der Waals surface area contributed by atoms with E-state index in [0.717, 1.165) is 50.0 Å². The van der Waals surface area contributed by atoms with Gasteiger partial charge in [0.25, 0.3) is 5.56 Å². The number of aryl methyl sites for hydroxylation is 2. The summed E-state index contributed by atoms with van der Waals surface area (Å²) < 4.78 is 20.3. The average molecular weight is 443 g/mol. The monoisotopic (exact) mass is 442 g/mol. The molecule has 1 saturated heterocycles. The van der Waals surface area contributed by atoms with Gasteiger partial charge in [0.15, 0.2) is 5.58 Å². The first-order valence-corrected chi connectivity index (χ1v) is 11.4. The summed E-state index contributed by atoms with van der Waals surface area (Å²) in [6.45, 7) is 9.74. The molecule has 2 aliphatic heterocycles. The van der Waals surface area contributed by atoms with Crippen molar-refractivity contribution in [3.63, 3.8) is 0 Å². The molecular formula is C24H31FN4O3. The van der Waals surface area contributed by atoms with E-state index in [4.69, 9.17) is 4.52 Å². The standard InChI is InChI=1S/C15H19FN2O.C9H12N2O2/c1-3-18-6-4-11(5-7-18)15-12-8-10(2)13(16)9-14(12)19-17-15;1-6-5-8(13)11-4-2-3-7(12)9(11)10-6/h8-9,11H,3-7H2,1-2H3;5,7,12H,2-4H2,1H3. The molecule has 8 heteroatoms. The molecule has 0 amide bonds. The fraction of sp³-hybridized carbons (Fsp3) is 0.542. The van der Waals surface area contributed by atoms with Crippen LogP contribution in [0.5, 0.6) is 0 Å². The highest BCUT2D eigenvalue weighted by Gasteiger charge is 2.25. The van der Waals surface area contributed by atoms with Crippen molar-refractivity contribution >= 4 is 11.0 Å². The van der Waals surface area contributed by atoms with Crippen molar-refractivity contribution in [1.82, 2.24) is 19.6 Å². The molecule has 172 valence electrons. The lowest BCUT2D eigenvalue weighted by molar-refractivity contribution is 0.130. The topological polar surface area (TPSA) is 84.4 Å². The first-order chi connectivity index (χ1) is 15.4. The maximum Gasteiger partial charge on any atom is 0.253 e. The summed E-state index contributed by atoms with van der Waals surface area (Å²) in [5.41, 5.74) is 2.85. The van der Waals surface area contributed by atoms with Crippen LogP contribution < -0.4 is 5.56 Å². The van der Waals surface area contributed by atoms with Crippen LogP contribution in [0.25, 0.3) is 11.0 Å². The van der Waals surface area contributed by atoms with E-state index in [1.54, 1.807) is 18.4 Å². The van der Waals surface area contributed by atoms with E-state index in [2.05, 4.69) is 22.0 Å². The fourth-order valence-electron chi connectivity index (χ4n) is 4.60. The van der Waals surface area contributed by atoms with Gasteiger partial charge in [-0.25, -0.2) is 9.37 Å². The highest BCUT2D eigenvalue weighted by Crippen LogP contribution is 2.33. The summed E-state index contributed by atoms with van der Waals surface area (Å²) in [7, 11) is 0. The van der Waals surface area contributed by atoms with Crippen LogP contribution in [0.4, 0.5) is 4.39 Å². The SMILES string of the molecule is CCN1CCC(c2noc3cc(F)c(C)cc23)CC1.Cc1cc(=O)n2c(n1)C(O)CCC2. The van der Waals surface area contributed by atoms with Crippen LogP contribution in [0.2, 0.25) is 0 Å². The molecule has 0 aliphatic carbocycles. The third kappa shape index (κ3) is 4.61. The summed E-state index contributed by atoms with van der Waals surface area (Å²) in [4.78, 5) is 18.1. The molecular weight excluding hydrogens is 411 g/mol. The zero-order valence-electron chi connectivity index (χ0n) is 19.0. The summed E-state index contributed by atoms with van der Waals surface area (Å²) in [5, 5.41) is 14.8. The summed E-state index contributed by atoms with van der Waals surface area (Å²) in [6, 6.07) is 4.81. The van der Waals surface area contributed by atoms with E-state index in [1.807, 2.05) is 6.07 Å². The van der Waals surface area contributed by atoms with E-state index in [0.29, 0.717) is 41.5 Å². The molecule has 0 bridgehead atoms. The highest BCUT2D eigenvalue weighted by atomic mass is 19.1. The highest BCUT2D eigenvalue weighted by molar-refractivity contribution is 5.80. The fourth-order valence-corrected chi connectivity index (χ4v) is 4.60. The number of piperidine rings is 1. The molecule has 2 aromatic heterocycles. The molecule has 1 unspecified atom stereocenters. The van der Waals surface area contributed by atoms with Crippen molar-refractivity contribution in [2.24, 2.45) is 0 Å². The second-order valence-electron chi connectivity index (χ2n) is 8.78. The molecule has 0 saturated carbocycles. The first-order valence-electron chi connectivity index (χ1n) is 11.4. The van der Waals surface area contributed by atoms with Gasteiger partial charge in [-0.15, -0.1) is 0 Å². The van der Waals surface area contributed by atoms with Crippen LogP contribution in [-0.2, 0) is 6.54 Å². The average Bonchev–Trinajstić information content (AvgIpc) is 3.18. The number of hydrogen-bond donors (Lipinski definition) is 1. The minimum Gasteiger partial charge on any atom is -0.385 e. The Morgan fingerprint density at radius 2 is 1.91 bits per heavy atom. The maximum absolute atomic E-state index is 13.5.